The summed E-state index contributed by atoms with van der Waals surface area (Å²) in [5.74, 6) is 0. The predicted molar refractivity (Wildman–Crippen MR) is 45.0 cm³/mol. The molecule has 0 aromatic heterocycles. The van der Waals surface area contributed by atoms with Crippen LogP contribution in [0.4, 0.5) is 0 Å². The molecule has 0 aliphatic heterocycles. The first kappa shape index (κ1) is 7.55. The summed E-state index contributed by atoms with van der Waals surface area (Å²) in [6, 6.07) is 0.588. The SMILES string of the molecule is CCCNC1C=CC=CC1. The van der Waals surface area contributed by atoms with Crippen LogP contribution in [0.25, 0.3) is 0 Å². The van der Waals surface area contributed by atoms with E-state index in [2.05, 4.69) is 36.5 Å². The minimum absolute atomic E-state index is 0.588. The van der Waals surface area contributed by atoms with Crippen molar-refractivity contribution in [1.82, 2.24) is 5.32 Å². The third-order valence-electron chi connectivity index (χ3n) is 1.64. The van der Waals surface area contributed by atoms with E-state index in [-0.39, 0.29) is 0 Å². The van der Waals surface area contributed by atoms with E-state index in [1.54, 1.807) is 0 Å². The Morgan fingerprint density at radius 2 is 2.40 bits per heavy atom. The zero-order valence-corrected chi connectivity index (χ0v) is 6.51. The van der Waals surface area contributed by atoms with Gasteiger partial charge >= 0.3 is 0 Å². The van der Waals surface area contributed by atoms with Crippen LogP contribution in [0.5, 0.6) is 0 Å². The van der Waals surface area contributed by atoms with Crippen LogP contribution < -0.4 is 5.32 Å². The van der Waals surface area contributed by atoms with E-state index < -0.39 is 0 Å². The highest BCUT2D eigenvalue weighted by molar-refractivity contribution is 5.13. The van der Waals surface area contributed by atoms with Gasteiger partial charge in [0.2, 0.25) is 0 Å². The Bertz CT molecular complexity index is 136. The Morgan fingerprint density at radius 1 is 1.50 bits per heavy atom. The van der Waals surface area contributed by atoms with Gasteiger partial charge < -0.3 is 5.32 Å². The molecule has 0 heterocycles. The summed E-state index contributed by atoms with van der Waals surface area (Å²) in [6.45, 7) is 3.32. The normalized spacial score (nSPS) is 23.5. The third kappa shape index (κ3) is 2.36. The lowest BCUT2D eigenvalue weighted by molar-refractivity contribution is 0.589. The maximum Gasteiger partial charge on any atom is 0.0287 e. The first-order valence-electron chi connectivity index (χ1n) is 4.00. The predicted octanol–water partition coefficient (Wildman–Crippen LogP) is 1.87. The lowest BCUT2D eigenvalue weighted by atomic mass is 10.1. The third-order valence-corrected chi connectivity index (χ3v) is 1.64. The molecule has 0 fully saturated rings. The van der Waals surface area contributed by atoms with Crippen molar-refractivity contribution in [3.05, 3.63) is 24.3 Å². The average molecular weight is 137 g/mol. The molecular weight excluding hydrogens is 122 g/mol. The zero-order valence-electron chi connectivity index (χ0n) is 6.51. The molecule has 0 aromatic carbocycles. The van der Waals surface area contributed by atoms with Crippen molar-refractivity contribution < 1.29 is 0 Å². The van der Waals surface area contributed by atoms with Gasteiger partial charge in [0.25, 0.3) is 0 Å². The molecule has 1 unspecified atom stereocenters. The monoisotopic (exact) mass is 137 g/mol. The second kappa shape index (κ2) is 4.29. The van der Waals surface area contributed by atoms with Crippen LogP contribution in [0.2, 0.25) is 0 Å². The highest BCUT2D eigenvalue weighted by Crippen LogP contribution is 2.01. The molecule has 1 aliphatic rings. The van der Waals surface area contributed by atoms with E-state index in [0.29, 0.717) is 6.04 Å². The maximum atomic E-state index is 3.43. The van der Waals surface area contributed by atoms with Gasteiger partial charge in [-0.05, 0) is 19.4 Å². The van der Waals surface area contributed by atoms with Crippen LogP contribution in [0.3, 0.4) is 0 Å². The standard InChI is InChI=1S/C9H15N/c1-2-8-10-9-6-4-3-5-7-9/h3-6,9-10H,2,7-8H2,1H3. The van der Waals surface area contributed by atoms with Crippen LogP contribution >= 0.6 is 0 Å². The highest BCUT2D eigenvalue weighted by atomic mass is 14.9. The Balaban J connectivity index is 2.17. The smallest absolute Gasteiger partial charge is 0.0287 e. The molecule has 0 bridgehead atoms. The first-order valence-corrected chi connectivity index (χ1v) is 4.00. The van der Waals surface area contributed by atoms with Gasteiger partial charge in [0, 0.05) is 6.04 Å². The molecule has 1 heteroatoms. The van der Waals surface area contributed by atoms with E-state index in [0.717, 1.165) is 13.0 Å². The van der Waals surface area contributed by atoms with Crippen molar-refractivity contribution in [3.63, 3.8) is 0 Å². The molecule has 0 saturated heterocycles. The van der Waals surface area contributed by atoms with Crippen molar-refractivity contribution in [2.24, 2.45) is 0 Å². The highest BCUT2D eigenvalue weighted by Gasteiger charge is 2.01. The molecule has 1 aliphatic carbocycles. The molecule has 0 saturated carbocycles. The Morgan fingerprint density at radius 3 is 3.00 bits per heavy atom. The second-order valence-corrected chi connectivity index (χ2v) is 2.61. The van der Waals surface area contributed by atoms with Gasteiger partial charge in [0.15, 0.2) is 0 Å². The molecule has 56 valence electrons. The molecule has 0 aromatic rings. The average Bonchev–Trinajstić information content (AvgIpc) is 2.03. The first-order chi connectivity index (χ1) is 4.93. The van der Waals surface area contributed by atoms with Crippen LogP contribution in [0.15, 0.2) is 24.3 Å². The molecule has 1 atom stereocenters. The summed E-state index contributed by atoms with van der Waals surface area (Å²) in [7, 11) is 0. The second-order valence-electron chi connectivity index (χ2n) is 2.61. The van der Waals surface area contributed by atoms with E-state index >= 15 is 0 Å². The van der Waals surface area contributed by atoms with Crippen LogP contribution in [-0.2, 0) is 0 Å². The number of rotatable bonds is 3. The summed E-state index contributed by atoms with van der Waals surface area (Å²) >= 11 is 0. The Kier molecular flexibility index (Phi) is 3.23. The van der Waals surface area contributed by atoms with E-state index in [1.165, 1.54) is 6.42 Å². The summed E-state index contributed by atoms with van der Waals surface area (Å²) in [5.41, 5.74) is 0. The van der Waals surface area contributed by atoms with Crippen LogP contribution in [-0.4, -0.2) is 12.6 Å². The van der Waals surface area contributed by atoms with E-state index in [9.17, 15) is 0 Å². The topological polar surface area (TPSA) is 12.0 Å². The lowest BCUT2D eigenvalue weighted by Gasteiger charge is -2.13. The fraction of sp³-hybridized carbons (Fsp3) is 0.556. The van der Waals surface area contributed by atoms with Crippen molar-refractivity contribution in [1.29, 1.82) is 0 Å². The van der Waals surface area contributed by atoms with Crippen molar-refractivity contribution >= 4 is 0 Å². The van der Waals surface area contributed by atoms with Gasteiger partial charge in [0.1, 0.15) is 0 Å². The zero-order chi connectivity index (χ0) is 7.23. The van der Waals surface area contributed by atoms with Crippen LogP contribution in [0, 0.1) is 0 Å². The molecule has 10 heavy (non-hydrogen) atoms. The number of nitrogens with one attached hydrogen (secondary N) is 1. The maximum absolute atomic E-state index is 3.43. The minimum Gasteiger partial charge on any atom is -0.310 e. The van der Waals surface area contributed by atoms with Gasteiger partial charge in [-0.2, -0.15) is 0 Å². The van der Waals surface area contributed by atoms with Crippen molar-refractivity contribution in [2.45, 2.75) is 25.8 Å². The molecule has 1 N–H and O–H groups in total. The van der Waals surface area contributed by atoms with Crippen LogP contribution in [0.1, 0.15) is 19.8 Å². The van der Waals surface area contributed by atoms with E-state index in [4.69, 9.17) is 0 Å². The summed E-state index contributed by atoms with van der Waals surface area (Å²) in [6.07, 6.45) is 11.0. The number of allylic oxidation sites excluding steroid dienone is 2. The Labute approximate surface area is 62.8 Å². The minimum atomic E-state index is 0.588. The molecule has 1 rings (SSSR count). The summed E-state index contributed by atoms with van der Waals surface area (Å²) in [5, 5.41) is 3.43. The Hall–Kier alpha value is -0.560. The van der Waals surface area contributed by atoms with Crippen molar-refractivity contribution in [3.8, 4) is 0 Å². The fourth-order valence-corrected chi connectivity index (χ4v) is 1.06. The van der Waals surface area contributed by atoms with E-state index in [1.807, 2.05) is 0 Å². The molecule has 0 amide bonds. The van der Waals surface area contributed by atoms with Gasteiger partial charge in [-0.1, -0.05) is 31.2 Å². The lowest BCUT2D eigenvalue weighted by Crippen LogP contribution is -2.27. The summed E-state index contributed by atoms with van der Waals surface area (Å²) < 4.78 is 0. The van der Waals surface area contributed by atoms with Crippen molar-refractivity contribution in [2.75, 3.05) is 6.54 Å². The molecule has 0 radical (unpaired) electrons. The quantitative estimate of drug-likeness (QED) is 0.626. The van der Waals surface area contributed by atoms with Gasteiger partial charge in [0.05, 0.1) is 0 Å². The number of hydrogen-bond donors (Lipinski definition) is 1. The van der Waals surface area contributed by atoms with Gasteiger partial charge in [-0.3, -0.25) is 0 Å². The number of hydrogen-bond acceptors (Lipinski definition) is 1. The summed E-state index contributed by atoms with van der Waals surface area (Å²) in [4.78, 5) is 0. The van der Waals surface area contributed by atoms with Gasteiger partial charge in [-0.25, -0.2) is 0 Å². The molecule has 0 spiro atoms. The molecular formula is C9H15N. The fourth-order valence-electron chi connectivity index (χ4n) is 1.06. The molecule has 1 nitrogen and oxygen atoms in total. The largest absolute Gasteiger partial charge is 0.310 e. The van der Waals surface area contributed by atoms with Gasteiger partial charge in [-0.15, -0.1) is 0 Å².